The highest BCUT2D eigenvalue weighted by Gasteiger charge is 2.19. The first-order valence-electron chi connectivity index (χ1n) is 8.64. The summed E-state index contributed by atoms with van der Waals surface area (Å²) in [6, 6.07) is 5.58. The van der Waals surface area contributed by atoms with Crippen molar-refractivity contribution in [2.24, 2.45) is 0 Å². The maximum atomic E-state index is 12.6. The van der Waals surface area contributed by atoms with Crippen LogP contribution in [0.3, 0.4) is 0 Å². The molecule has 0 amide bonds. The Balaban J connectivity index is 2.00. The van der Waals surface area contributed by atoms with Crippen molar-refractivity contribution in [1.82, 2.24) is 14.7 Å². The standard InChI is InChI=1S/C18H27N5O2S/c1-6-19-18-22-15(5)11-16(23-18)20-7-8-21-26(24,25)17-13(3)9-12(2)10-14(17)4/h9-11,21H,6-8H2,1-5H3,(H2,19,20,22,23). The largest absolute Gasteiger partial charge is 0.369 e. The van der Waals surface area contributed by atoms with Gasteiger partial charge in [0, 0.05) is 31.4 Å². The van der Waals surface area contributed by atoms with Gasteiger partial charge in [-0.25, -0.2) is 18.1 Å². The number of hydrogen-bond donors (Lipinski definition) is 3. The Labute approximate surface area is 155 Å². The maximum Gasteiger partial charge on any atom is 0.241 e. The number of nitrogens with zero attached hydrogens (tertiary/aromatic N) is 2. The fourth-order valence-corrected chi connectivity index (χ4v) is 4.42. The van der Waals surface area contributed by atoms with E-state index in [1.165, 1.54) is 0 Å². The fourth-order valence-electron chi connectivity index (χ4n) is 2.94. The van der Waals surface area contributed by atoms with E-state index in [2.05, 4.69) is 25.3 Å². The number of aryl methyl sites for hydroxylation is 4. The number of hydrogen-bond acceptors (Lipinski definition) is 6. The molecule has 1 aromatic heterocycles. The molecule has 26 heavy (non-hydrogen) atoms. The van der Waals surface area contributed by atoms with Crippen LogP contribution in [0.2, 0.25) is 0 Å². The van der Waals surface area contributed by atoms with Gasteiger partial charge in [-0.15, -0.1) is 0 Å². The lowest BCUT2D eigenvalue weighted by Gasteiger charge is -2.14. The van der Waals surface area contributed by atoms with Gasteiger partial charge in [0.2, 0.25) is 16.0 Å². The summed E-state index contributed by atoms with van der Waals surface area (Å²) >= 11 is 0. The normalized spacial score (nSPS) is 11.4. The van der Waals surface area contributed by atoms with Crippen LogP contribution in [-0.2, 0) is 10.0 Å². The Morgan fingerprint density at radius 1 is 0.923 bits per heavy atom. The van der Waals surface area contributed by atoms with Crippen molar-refractivity contribution >= 4 is 21.8 Å². The van der Waals surface area contributed by atoms with E-state index in [1.54, 1.807) is 0 Å². The monoisotopic (exact) mass is 377 g/mol. The number of benzene rings is 1. The molecule has 1 aromatic carbocycles. The summed E-state index contributed by atoms with van der Waals surface area (Å²) in [5, 5.41) is 6.20. The summed E-state index contributed by atoms with van der Waals surface area (Å²) in [5.41, 5.74) is 3.40. The number of anilines is 2. The van der Waals surface area contributed by atoms with Gasteiger partial charge in [0.25, 0.3) is 0 Å². The lowest BCUT2D eigenvalue weighted by atomic mass is 10.1. The molecule has 1 heterocycles. The predicted octanol–water partition coefficient (Wildman–Crippen LogP) is 2.53. The third kappa shape index (κ3) is 5.15. The Kier molecular flexibility index (Phi) is 6.55. The molecule has 2 aromatic rings. The highest BCUT2D eigenvalue weighted by atomic mass is 32.2. The topological polar surface area (TPSA) is 96.0 Å². The van der Waals surface area contributed by atoms with Gasteiger partial charge in [-0.3, -0.25) is 0 Å². The zero-order chi connectivity index (χ0) is 19.3. The minimum Gasteiger partial charge on any atom is -0.369 e. The summed E-state index contributed by atoms with van der Waals surface area (Å²) in [5.74, 6) is 1.22. The second-order valence-corrected chi connectivity index (χ2v) is 8.00. The molecular weight excluding hydrogens is 350 g/mol. The van der Waals surface area contributed by atoms with Gasteiger partial charge in [0.15, 0.2) is 0 Å². The molecule has 0 radical (unpaired) electrons. The summed E-state index contributed by atoms with van der Waals surface area (Å²) < 4.78 is 27.9. The van der Waals surface area contributed by atoms with Crippen LogP contribution < -0.4 is 15.4 Å². The lowest BCUT2D eigenvalue weighted by molar-refractivity contribution is 0.581. The molecule has 0 fully saturated rings. The molecule has 0 saturated heterocycles. The highest BCUT2D eigenvalue weighted by molar-refractivity contribution is 7.89. The van der Waals surface area contributed by atoms with Crippen molar-refractivity contribution < 1.29 is 8.42 Å². The molecule has 2 rings (SSSR count). The zero-order valence-electron chi connectivity index (χ0n) is 16.0. The number of nitrogens with one attached hydrogen (secondary N) is 3. The highest BCUT2D eigenvalue weighted by Crippen LogP contribution is 2.21. The van der Waals surface area contributed by atoms with Crippen LogP contribution >= 0.6 is 0 Å². The molecule has 8 heteroatoms. The molecule has 0 saturated carbocycles. The first-order valence-corrected chi connectivity index (χ1v) is 10.1. The summed E-state index contributed by atoms with van der Waals surface area (Å²) in [6.45, 7) is 10.9. The second-order valence-electron chi connectivity index (χ2n) is 6.30. The van der Waals surface area contributed by atoms with Gasteiger partial charge in [0.05, 0.1) is 4.90 Å². The Bertz CT molecular complexity index is 858. The summed E-state index contributed by atoms with van der Waals surface area (Å²) in [7, 11) is -3.55. The smallest absolute Gasteiger partial charge is 0.241 e. The van der Waals surface area contributed by atoms with E-state index in [4.69, 9.17) is 0 Å². The average molecular weight is 378 g/mol. The SMILES string of the molecule is CCNc1nc(C)cc(NCCNS(=O)(=O)c2c(C)cc(C)cc2C)n1. The Hall–Kier alpha value is -2.19. The van der Waals surface area contributed by atoms with E-state index in [-0.39, 0.29) is 6.54 Å². The first-order chi connectivity index (χ1) is 12.2. The molecule has 3 N–H and O–H groups in total. The molecule has 0 aliphatic rings. The van der Waals surface area contributed by atoms with E-state index < -0.39 is 10.0 Å². The first kappa shape index (κ1) is 20.1. The van der Waals surface area contributed by atoms with Crippen LogP contribution in [-0.4, -0.2) is 38.0 Å². The van der Waals surface area contributed by atoms with Crippen LogP contribution in [0, 0.1) is 27.7 Å². The third-order valence-corrected chi connectivity index (χ3v) is 5.55. The molecule has 0 aliphatic carbocycles. The third-order valence-electron chi connectivity index (χ3n) is 3.79. The van der Waals surface area contributed by atoms with E-state index in [1.807, 2.05) is 52.8 Å². The minimum atomic E-state index is -3.55. The van der Waals surface area contributed by atoms with Gasteiger partial charge in [0.1, 0.15) is 5.82 Å². The zero-order valence-corrected chi connectivity index (χ0v) is 16.8. The molecule has 0 unspecified atom stereocenters. The molecule has 142 valence electrons. The van der Waals surface area contributed by atoms with Crippen molar-refractivity contribution in [3.05, 3.63) is 40.6 Å². The van der Waals surface area contributed by atoms with Gasteiger partial charge in [-0.05, 0) is 45.7 Å². The van der Waals surface area contributed by atoms with Crippen LogP contribution in [0.25, 0.3) is 0 Å². The quantitative estimate of drug-likeness (QED) is 0.612. The number of rotatable bonds is 8. The minimum absolute atomic E-state index is 0.259. The van der Waals surface area contributed by atoms with Crippen molar-refractivity contribution in [2.75, 3.05) is 30.3 Å². The number of aromatic nitrogens is 2. The van der Waals surface area contributed by atoms with Crippen molar-refractivity contribution in [3.63, 3.8) is 0 Å². The van der Waals surface area contributed by atoms with Crippen LogP contribution in [0.1, 0.15) is 29.3 Å². The fraction of sp³-hybridized carbons (Fsp3) is 0.444. The second kappa shape index (κ2) is 8.46. The molecule has 0 spiro atoms. The van der Waals surface area contributed by atoms with E-state index in [9.17, 15) is 8.42 Å². The summed E-state index contributed by atoms with van der Waals surface area (Å²) in [6.07, 6.45) is 0. The van der Waals surface area contributed by atoms with E-state index >= 15 is 0 Å². The van der Waals surface area contributed by atoms with E-state index in [0.717, 1.165) is 28.9 Å². The van der Waals surface area contributed by atoms with Crippen LogP contribution in [0.5, 0.6) is 0 Å². The molecule has 0 aliphatic heterocycles. The predicted molar refractivity (Wildman–Crippen MR) is 105 cm³/mol. The average Bonchev–Trinajstić information content (AvgIpc) is 2.50. The molecule has 0 bridgehead atoms. The van der Waals surface area contributed by atoms with Crippen LogP contribution in [0.4, 0.5) is 11.8 Å². The van der Waals surface area contributed by atoms with E-state index in [0.29, 0.717) is 23.2 Å². The van der Waals surface area contributed by atoms with Crippen molar-refractivity contribution in [1.29, 1.82) is 0 Å². The molecular formula is C18H27N5O2S. The maximum absolute atomic E-state index is 12.6. The van der Waals surface area contributed by atoms with Gasteiger partial charge in [-0.2, -0.15) is 4.98 Å². The van der Waals surface area contributed by atoms with Crippen molar-refractivity contribution in [3.8, 4) is 0 Å². The lowest BCUT2D eigenvalue weighted by Crippen LogP contribution is -2.30. The van der Waals surface area contributed by atoms with Crippen molar-refractivity contribution in [2.45, 2.75) is 39.5 Å². The number of sulfonamides is 1. The molecule has 7 nitrogen and oxygen atoms in total. The summed E-state index contributed by atoms with van der Waals surface area (Å²) in [4.78, 5) is 8.98. The van der Waals surface area contributed by atoms with Crippen LogP contribution in [0.15, 0.2) is 23.1 Å². The molecule has 0 atom stereocenters. The van der Waals surface area contributed by atoms with Gasteiger partial charge in [-0.1, -0.05) is 17.7 Å². The Morgan fingerprint density at radius 2 is 1.58 bits per heavy atom. The van der Waals surface area contributed by atoms with Gasteiger partial charge < -0.3 is 10.6 Å². The van der Waals surface area contributed by atoms with Gasteiger partial charge >= 0.3 is 0 Å². The Morgan fingerprint density at radius 3 is 2.19 bits per heavy atom.